The van der Waals surface area contributed by atoms with E-state index in [1.54, 1.807) is 18.2 Å². The van der Waals surface area contributed by atoms with Crippen LogP contribution < -0.4 is 10.1 Å². The summed E-state index contributed by atoms with van der Waals surface area (Å²) in [6, 6.07) is 14.2. The number of nitrogens with one attached hydrogen (secondary N) is 1. The lowest BCUT2D eigenvalue weighted by atomic mass is 9.87. The minimum absolute atomic E-state index is 0.0643. The Morgan fingerprint density at radius 2 is 1.79 bits per heavy atom. The number of nitrogens with zero attached hydrogens (tertiary/aromatic N) is 2. The van der Waals surface area contributed by atoms with Crippen molar-refractivity contribution in [1.29, 1.82) is 0 Å². The van der Waals surface area contributed by atoms with Gasteiger partial charge in [0.1, 0.15) is 23.7 Å². The maximum absolute atomic E-state index is 12.9. The molecule has 1 aliphatic rings. The van der Waals surface area contributed by atoms with E-state index in [-0.39, 0.29) is 17.5 Å². The molecule has 34 heavy (non-hydrogen) atoms. The van der Waals surface area contributed by atoms with Crippen molar-refractivity contribution in [1.82, 2.24) is 14.8 Å². The van der Waals surface area contributed by atoms with E-state index in [1.807, 2.05) is 29.0 Å². The molecule has 2 aromatic heterocycles. The molecule has 4 amide bonds. The number of carbonyl (C=O) groups excluding carboxylic acids is 3. The summed E-state index contributed by atoms with van der Waals surface area (Å²) < 4.78 is 13.0. The van der Waals surface area contributed by atoms with Gasteiger partial charge in [0.15, 0.2) is 0 Å². The van der Waals surface area contributed by atoms with E-state index < -0.39 is 17.8 Å². The number of aromatic nitrogens is 1. The van der Waals surface area contributed by atoms with Gasteiger partial charge in [-0.15, -0.1) is 0 Å². The number of hydrogen-bond donors (Lipinski definition) is 1. The topological polar surface area (TPSA) is 93.8 Å². The number of imide groups is 2. The van der Waals surface area contributed by atoms with E-state index in [0.717, 1.165) is 10.6 Å². The highest BCUT2D eigenvalue weighted by molar-refractivity contribution is 6.30. The molecular weight excluding hydrogens is 434 g/mol. The molecule has 1 fully saturated rings. The second-order valence-electron chi connectivity index (χ2n) is 9.04. The minimum atomic E-state index is -0.773. The van der Waals surface area contributed by atoms with Crippen LogP contribution in [-0.2, 0) is 28.1 Å². The van der Waals surface area contributed by atoms with Crippen molar-refractivity contribution in [3.8, 4) is 5.75 Å². The van der Waals surface area contributed by atoms with Crippen molar-refractivity contribution in [3.63, 3.8) is 0 Å². The summed E-state index contributed by atoms with van der Waals surface area (Å²) >= 11 is 0. The molecule has 8 heteroatoms. The first-order chi connectivity index (χ1) is 16.2. The summed E-state index contributed by atoms with van der Waals surface area (Å²) in [6.07, 6.45) is 4.78. The number of furan rings is 1. The molecule has 1 saturated heterocycles. The average Bonchev–Trinajstić information content (AvgIpc) is 3.46. The first kappa shape index (κ1) is 23.1. The Kier molecular flexibility index (Phi) is 6.40. The van der Waals surface area contributed by atoms with Crippen LogP contribution in [0.1, 0.15) is 37.8 Å². The lowest BCUT2D eigenvalue weighted by Crippen LogP contribution is -2.53. The summed E-state index contributed by atoms with van der Waals surface area (Å²) in [7, 11) is 0. The molecule has 3 aromatic rings. The van der Waals surface area contributed by atoms with Crippen molar-refractivity contribution in [2.45, 2.75) is 39.3 Å². The smallest absolute Gasteiger partial charge is 0.331 e. The number of urea groups is 1. The van der Waals surface area contributed by atoms with Gasteiger partial charge in [-0.05, 0) is 53.5 Å². The van der Waals surface area contributed by atoms with Gasteiger partial charge in [-0.25, -0.2) is 4.79 Å². The number of amides is 4. The van der Waals surface area contributed by atoms with Crippen LogP contribution in [-0.4, -0.2) is 33.9 Å². The van der Waals surface area contributed by atoms with Gasteiger partial charge in [-0.2, -0.15) is 0 Å². The molecule has 0 spiro atoms. The van der Waals surface area contributed by atoms with E-state index >= 15 is 0 Å². The van der Waals surface area contributed by atoms with Gasteiger partial charge < -0.3 is 13.7 Å². The molecule has 176 valence electrons. The van der Waals surface area contributed by atoms with Crippen LogP contribution in [0.3, 0.4) is 0 Å². The molecule has 1 N–H and O–H groups in total. The van der Waals surface area contributed by atoms with Gasteiger partial charge in [0.25, 0.3) is 11.8 Å². The number of barbiturate groups is 1. The Labute approximate surface area is 197 Å². The molecule has 3 heterocycles. The molecular formula is C26H27N3O5. The Morgan fingerprint density at radius 3 is 2.47 bits per heavy atom. The molecule has 0 atom stereocenters. The van der Waals surface area contributed by atoms with Crippen LogP contribution >= 0.6 is 0 Å². The van der Waals surface area contributed by atoms with Crippen LogP contribution in [0.4, 0.5) is 4.79 Å². The van der Waals surface area contributed by atoms with E-state index in [9.17, 15) is 14.4 Å². The van der Waals surface area contributed by atoms with Crippen LogP contribution in [0, 0.1) is 0 Å². The molecule has 1 aromatic carbocycles. The normalized spacial score (nSPS) is 15.7. The number of rotatable bonds is 7. The number of benzene rings is 1. The van der Waals surface area contributed by atoms with Gasteiger partial charge in [0, 0.05) is 11.9 Å². The van der Waals surface area contributed by atoms with Gasteiger partial charge in [-0.3, -0.25) is 19.8 Å². The minimum Gasteiger partial charge on any atom is -0.492 e. The summed E-state index contributed by atoms with van der Waals surface area (Å²) in [6.45, 7) is 7.34. The third-order valence-corrected chi connectivity index (χ3v) is 5.56. The van der Waals surface area contributed by atoms with Crippen molar-refractivity contribution in [2.75, 3.05) is 6.61 Å². The Bertz CT molecular complexity index is 1210. The van der Waals surface area contributed by atoms with Crippen LogP contribution in [0.25, 0.3) is 6.08 Å². The maximum Gasteiger partial charge on any atom is 0.331 e. The molecule has 0 radical (unpaired) electrons. The van der Waals surface area contributed by atoms with Gasteiger partial charge in [0.2, 0.25) is 0 Å². The molecule has 8 nitrogen and oxygen atoms in total. The summed E-state index contributed by atoms with van der Waals surface area (Å²) in [5, 5.41) is 2.22. The highest BCUT2D eigenvalue weighted by atomic mass is 16.5. The zero-order valence-electron chi connectivity index (χ0n) is 19.4. The number of ether oxygens (including phenoxy) is 1. The van der Waals surface area contributed by atoms with Gasteiger partial charge in [0.05, 0.1) is 19.4 Å². The van der Waals surface area contributed by atoms with E-state index in [1.165, 1.54) is 17.9 Å². The lowest BCUT2D eigenvalue weighted by Gasteiger charge is -2.25. The first-order valence-electron chi connectivity index (χ1n) is 11.0. The predicted molar refractivity (Wildman–Crippen MR) is 126 cm³/mol. The van der Waals surface area contributed by atoms with Crippen LogP contribution in [0.15, 0.2) is 71.0 Å². The lowest BCUT2D eigenvalue weighted by molar-refractivity contribution is -0.130. The Balaban J connectivity index is 1.44. The monoisotopic (exact) mass is 461 g/mol. The predicted octanol–water partition coefficient (Wildman–Crippen LogP) is 4.12. The first-order valence-corrected chi connectivity index (χ1v) is 11.0. The SMILES string of the molecule is CC(C)(C)c1ccc(OCCn2cccc2C=C2C(=O)NC(=O)N(Cc3ccco3)C2=O)cc1. The van der Waals surface area contributed by atoms with E-state index in [2.05, 4.69) is 38.2 Å². The molecule has 1 aliphatic heterocycles. The quantitative estimate of drug-likeness (QED) is 0.422. The third kappa shape index (κ3) is 5.11. The van der Waals surface area contributed by atoms with Crippen LogP contribution in [0.5, 0.6) is 5.75 Å². The zero-order chi connectivity index (χ0) is 24.3. The number of hydrogen-bond acceptors (Lipinski definition) is 5. The summed E-state index contributed by atoms with van der Waals surface area (Å²) in [5.41, 5.74) is 1.84. The largest absolute Gasteiger partial charge is 0.492 e. The second kappa shape index (κ2) is 9.43. The molecule has 0 saturated carbocycles. The van der Waals surface area contributed by atoms with Crippen molar-refractivity contribution in [3.05, 3.63) is 83.6 Å². The standard InChI is InChI=1S/C26H27N3O5/c1-26(2,3)18-8-10-20(11-9-18)34-15-13-28-12-4-6-19(28)16-22-23(30)27-25(32)29(24(22)31)17-21-7-5-14-33-21/h4-12,14,16H,13,15,17H2,1-3H3,(H,27,30,32). The fourth-order valence-electron chi connectivity index (χ4n) is 3.62. The van der Waals surface area contributed by atoms with Crippen molar-refractivity contribution in [2.24, 2.45) is 0 Å². The second-order valence-corrected chi connectivity index (χ2v) is 9.04. The highest BCUT2D eigenvalue weighted by Crippen LogP contribution is 2.24. The third-order valence-electron chi connectivity index (χ3n) is 5.56. The van der Waals surface area contributed by atoms with Gasteiger partial charge >= 0.3 is 6.03 Å². The van der Waals surface area contributed by atoms with Gasteiger partial charge in [-0.1, -0.05) is 32.9 Å². The fourth-order valence-corrected chi connectivity index (χ4v) is 3.62. The molecule has 0 unspecified atom stereocenters. The van der Waals surface area contributed by atoms with Crippen molar-refractivity contribution < 1.29 is 23.5 Å². The van der Waals surface area contributed by atoms with Crippen molar-refractivity contribution >= 4 is 23.9 Å². The average molecular weight is 462 g/mol. The summed E-state index contributed by atoms with van der Waals surface area (Å²) in [4.78, 5) is 38.4. The Hall–Kier alpha value is -4.07. The summed E-state index contributed by atoms with van der Waals surface area (Å²) in [5.74, 6) is -0.191. The highest BCUT2D eigenvalue weighted by Gasteiger charge is 2.36. The number of carbonyl (C=O) groups is 3. The zero-order valence-corrected chi connectivity index (χ0v) is 19.4. The molecule has 0 aliphatic carbocycles. The maximum atomic E-state index is 12.9. The Morgan fingerprint density at radius 1 is 1.03 bits per heavy atom. The fraction of sp³-hybridized carbons (Fsp3) is 0.269. The molecule has 0 bridgehead atoms. The molecule has 4 rings (SSSR count). The van der Waals surface area contributed by atoms with E-state index in [4.69, 9.17) is 9.15 Å². The van der Waals surface area contributed by atoms with Crippen LogP contribution in [0.2, 0.25) is 0 Å². The van der Waals surface area contributed by atoms with E-state index in [0.29, 0.717) is 24.6 Å².